The van der Waals surface area contributed by atoms with E-state index in [1.807, 2.05) is 13.8 Å². The van der Waals surface area contributed by atoms with Crippen molar-refractivity contribution in [2.45, 2.75) is 38.9 Å². The molecule has 134 valence electrons. The van der Waals surface area contributed by atoms with Crippen LogP contribution < -0.4 is 10.6 Å². The molecule has 0 bridgehead atoms. The summed E-state index contributed by atoms with van der Waals surface area (Å²) in [6, 6.07) is -0.604. The first-order valence-corrected chi connectivity index (χ1v) is 9.21. The van der Waals surface area contributed by atoms with Crippen molar-refractivity contribution in [3.63, 3.8) is 0 Å². The average Bonchev–Trinajstić information content (AvgIpc) is 3.35. The predicted molar refractivity (Wildman–Crippen MR) is 91.2 cm³/mol. The Balaban J connectivity index is 1.53. The number of carbonyl (C=O) groups is 2. The molecule has 2 atom stereocenters. The second-order valence-electron chi connectivity index (χ2n) is 6.23. The number of hydroxylamine groups is 2. The molecule has 25 heavy (non-hydrogen) atoms. The third-order valence-corrected chi connectivity index (χ3v) is 6.04. The highest BCUT2D eigenvalue weighted by atomic mass is 32.1. The van der Waals surface area contributed by atoms with Crippen LogP contribution in [0.1, 0.15) is 45.1 Å². The van der Waals surface area contributed by atoms with Crippen LogP contribution in [0.2, 0.25) is 0 Å². The van der Waals surface area contributed by atoms with Crippen LogP contribution in [-0.4, -0.2) is 48.4 Å². The zero-order valence-electron chi connectivity index (χ0n) is 14.1. The lowest BCUT2D eigenvalue weighted by Crippen LogP contribution is -2.42. The van der Waals surface area contributed by atoms with Crippen LogP contribution >= 0.6 is 11.3 Å². The summed E-state index contributed by atoms with van der Waals surface area (Å²) in [6.07, 6.45) is 0.800. The number of thiophene rings is 1. The van der Waals surface area contributed by atoms with Crippen LogP contribution in [0.3, 0.4) is 0 Å². The Morgan fingerprint density at radius 1 is 1.52 bits per heavy atom. The van der Waals surface area contributed by atoms with Gasteiger partial charge in [0.2, 0.25) is 0 Å². The molecule has 8 nitrogen and oxygen atoms in total. The molecule has 9 heteroatoms. The van der Waals surface area contributed by atoms with Crippen LogP contribution in [0.5, 0.6) is 0 Å². The molecular formula is C16H20N4O4S. The predicted octanol–water partition coefficient (Wildman–Crippen LogP) is 0.869. The molecular weight excluding hydrogens is 344 g/mol. The van der Waals surface area contributed by atoms with Gasteiger partial charge >= 0.3 is 0 Å². The van der Waals surface area contributed by atoms with Gasteiger partial charge in [0.15, 0.2) is 0 Å². The smallest absolute Gasteiger partial charge is 0.271 e. The van der Waals surface area contributed by atoms with E-state index in [0.717, 1.165) is 28.1 Å². The molecule has 1 aromatic heterocycles. The normalized spacial score (nSPS) is 25.1. The molecule has 0 saturated carbocycles. The van der Waals surface area contributed by atoms with Gasteiger partial charge in [0.05, 0.1) is 16.6 Å². The number of hydrogen-bond acceptors (Lipinski definition) is 7. The van der Waals surface area contributed by atoms with Gasteiger partial charge in [0, 0.05) is 24.4 Å². The second-order valence-corrected chi connectivity index (χ2v) is 7.33. The number of nitrogens with zero attached hydrogens (tertiary/aromatic N) is 2. The van der Waals surface area contributed by atoms with E-state index < -0.39 is 6.04 Å². The fourth-order valence-electron chi connectivity index (χ4n) is 3.46. The molecule has 4 rings (SSSR count). The van der Waals surface area contributed by atoms with Crippen molar-refractivity contribution >= 4 is 28.9 Å². The monoisotopic (exact) mass is 364 g/mol. The van der Waals surface area contributed by atoms with Crippen LogP contribution in [0.15, 0.2) is 5.16 Å². The number of nitrogens with one attached hydrogen (secondary N) is 2. The molecule has 0 aliphatic carbocycles. The fourth-order valence-corrected chi connectivity index (χ4v) is 4.66. The Hall–Kier alpha value is -1.97. The average molecular weight is 364 g/mol. The van der Waals surface area contributed by atoms with Gasteiger partial charge in [-0.1, -0.05) is 5.16 Å². The van der Waals surface area contributed by atoms with Crippen molar-refractivity contribution < 1.29 is 19.3 Å². The Kier molecular flexibility index (Phi) is 4.22. The zero-order valence-corrected chi connectivity index (χ0v) is 14.9. The van der Waals surface area contributed by atoms with Gasteiger partial charge in [-0.25, -0.2) is 5.06 Å². The van der Waals surface area contributed by atoms with Crippen molar-refractivity contribution in [2.24, 2.45) is 5.16 Å². The summed E-state index contributed by atoms with van der Waals surface area (Å²) in [5.41, 5.74) is 3.05. The number of amides is 2. The van der Waals surface area contributed by atoms with Crippen molar-refractivity contribution in [2.75, 3.05) is 19.8 Å². The topological polar surface area (TPSA) is 92.3 Å². The highest BCUT2D eigenvalue weighted by molar-refractivity contribution is 7.14. The van der Waals surface area contributed by atoms with E-state index in [-0.39, 0.29) is 24.5 Å². The molecule has 1 aromatic rings. The van der Waals surface area contributed by atoms with E-state index in [0.29, 0.717) is 24.6 Å². The van der Waals surface area contributed by atoms with Crippen LogP contribution in [0, 0.1) is 6.92 Å². The summed E-state index contributed by atoms with van der Waals surface area (Å²) in [5, 5.41) is 11.6. The van der Waals surface area contributed by atoms with Crippen LogP contribution in [-0.2, 0) is 21.0 Å². The molecule has 0 aromatic carbocycles. The molecule has 1 saturated heterocycles. The minimum Gasteiger partial charge on any atom is -0.395 e. The number of hydrogen-bond donors (Lipinski definition) is 2. The quantitative estimate of drug-likeness (QED) is 0.827. The third-order valence-electron chi connectivity index (χ3n) is 4.73. The third kappa shape index (κ3) is 2.72. The fraction of sp³-hybridized carbons (Fsp3) is 0.562. The Morgan fingerprint density at radius 3 is 3.04 bits per heavy atom. The van der Waals surface area contributed by atoms with Gasteiger partial charge < -0.3 is 15.5 Å². The maximum absolute atomic E-state index is 12.7. The van der Waals surface area contributed by atoms with E-state index >= 15 is 0 Å². The first-order chi connectivity index (χ1) is 12.1. The summed E-state index contributed by atoms with van der Waals surface area (Å²) < 4.78 is 0. The lowest BCUT2D eigenvalue weighted by Gasteiger charge is -2.13. The zero-order chi connectivity index (χ0) is 17.6. The maximum Gasteiger partial charge on any atom is 0.271 e. The van der Waals surface area contributed by atoms with Gasteiger partial charge in [-0.2, -0.15) is 0 Å². The molecule has 2 amide bonds. The summed E-state index contributed by atoms with van der Waals surface area (Å²) in [6.45, 7) is 5.75. The minimum absolute atomic E-state index is 0.0160. The highest BCUT2D eigenvalue weighted by Crippen LogP contribution is 2.39. The SMILES string of the molecule is CCN1OC[C@@H](NC(=O)c2sc3c(c2C)C(C2=NOCC2)NC3)C1=O. The molecule has 3 aliphatic heterocycles. The Bertz CT molecular complexity index is 760. The molecule has 2 N–H and O–H groups in total. The van der Waals surface area contributed by atoms with E-state index in [1.165, 1.54) is 16.4 Å². The molecule has 1 fully saturated rings. The standard InChI is InChI=1S/C16H20N4O4S/c1-3-20-16(22)10(7-24-20)18-15(21)14-8(2)12-11(25-14)6-17-13(12)9-4-5-23-19-9/h10,13,17H,3-7H2,1-2H3,(H,18,21)/t10-,13?/m1/s1. The molecule has 0 spiro atoms. The number of oxime groups is 1. The van der Waals surface area contributed by atoms with E-state index in [2.05, 4.69) is 15.8 Å². The van der Waals surface area contributed by atoms with Gasteiger partial charge in [0.25, 0.3) is 11.8 Å². The van der Waals surface area contributed by atoms with E-state index in [9.17, 15) is 9.59 Å². The van der Waals surface area contributed by atoms with Gasteiger partial charge in [0.1, 0.15) is 19.3 Å². The lowest BCUT2D eigenvalue weighted by atomic mass is 9.99. The molecule has 1 unspecified atom stereocenters. The summed E-state index contributed by atoms with van der Waals surface area (Å²) in [4.78, 5) is 37.0. The van der Waals surface area contributed by atoms with Crippen molar-refractivity contribution in [3.05, 3.63) is 20.9 Å². The van der Waals surface area contributed by atoms with Gasteiger partial charge in [-0.15, -0.1) is 11.3 Å². The van der Waals surface area contributed by atoms with Crippen molar-refractivity contribution in [1.29, 1.82) is 0 Å². The molecule has 3 aliphatic rings. The first kappa shape index (κ1) is 16.5. The van der Waals surface area contributed by atoms with Crippen LogP contribution in [0.4, 0.5) is 0 Å². The largest absolute Gasteiger partial charge is 0.395 e. The summed E-state index contributed by atoms with van der Waals surface area (Å²) in [7, 11) is 0. The van der Waals surface area contributed by atoms with Gasteiger partial charge in [-0.3, -0.25) is 14.4 Å². The number of carbonyl (C=O) groups excluding carboxylic acids is 2. The van der Waals surface area contributed by atoms with Crippen LogP contribution in [0.25, 0.3) is 0 Å². The second kappa shape index (κ2) is 6.40. The number of rotatable bonds is 4. The molecule has 0 radical (unpaired) electrons. The summed E-state index contributed by atoms with van der Waals surface area (Å²) in [5.74, 6) is -0.422. The highest BCUT2D eigenvalue weighted by Gasteiger charge is 2.37. The number of fused-ring (bicyclic) bond motifs is 1. The molecule has 4 heterocycles. The Morgan fingerprint density at radius 2 is 2.36 bits per heavy atom. The van der Waals surface area contributed by atoms with Gasteiger partial charge in [-0.05, 0) is 25.0 Å². The van der Waals surface area contributed by atoms with E-state index in [1.54, 1.807) is 0 Å². The minimum atomic E-state index is -0.620. The number of likely N-dealkylation sites (N-methyl/N-ethyl adjacent to an activating group) is 1. The Labute approximate surface area is 149 Å². The van der Waals surface area contributed by atoms with E-state index in [4.69, 9.17) is 9.68 Å². The summed E-state index contributed by atoms with van der Waals surface area (Å²) >= 11 is 1.47. The van der Waals surface area contributed by atoms with Crippen molar-refractivity contribution in [3.8, 4) is 0 Å². The first-order valence-electron chi connectivity index (χ1n) is 8.39. The maximum atomic E-state index is 12.7. The van der Waals surface area contributed by atoms with Crippen molar-refractivity contribution in [1.82, 2.24) is 15.7 Å². The lowest BCUT2D eigenvalue weighted by molar-refractivity contribution is -0.160.